The number of hydrogen-bond donors (Lipinski definition) is 0. The summed E-state index contributed by atoms with van der Waals surface area (Å²) in [6.45, 7) is 10.2. The van der Waals surface area contributed by atoms with E-state index in [4.69, 9.17) is 0 Å². The van der Waals surface area contributed by atoms with Crippen LogP contribution in [0.15, 0.2) is 12.4 Å². The molecule has 0 aliphatic carbocycles. The molecule has 6 nitrogen and oxygen atoms in total. The van der Waals surface area contributed by atoms with Crippen LogP contribution in [0.5, 0.6) is 0 Å². The SMILES string of the molecule is CCCN(Cc1nccn1C)C(=O)[C@H]1CC2(CCN(C)CC2)CN1CCC. The Kier molecular flexibility index (Phi) is 6.58. The molecule has 1 spiro atoms. The highest BCUT2D eigenvalue weighted by molar-refractivity contribution is 5.82. The Morgan fingerprint density at radius 1 is 1.26 bits per heavy atom. The molecule has 1 aromatic rings. The summed E-state index contributed by atoms with van der Waals surface area (Å²) in [6, 6.07) is 0.0418. The molecule has 1 aromatic heterocycles. The molecule has 2 aliphatic rings. The maximum absolute atomic E-state index is 13.6. The third-order valence-electron chi connectivity index (χ3n) is 6.51. The number of amides is 1. The van der Waals surface area contributed by atoms with E-state index in [-0.39, 0.29) is 6.04 Å². The summed E-state index contributed by atoms with van der Waals surface area (Å²) in [6.07, 6.45) is 9.33. The highest BCUT2D eigenvalue weighted by Gasteiger charge is 2.48. The standard InChI is InChI=1S/C21H37N5O/c1-5-10-25(16-19-22-9-14-24(19)4)20(27)18-15-21(17-26(18)11-6-2)7-12-23(3)13-8-21/h9,14,18H,5-8,10-13,15-17H2,1-4H3/t18-/m1/s1. The van der Waals surface area contributed by atoms with Crippen LogP contribution in [0.1, 0.15) is 51.8 Å². The van der Waals surface area contributed by atoms with E-state index in [1.165, 1.54) is 12.8 Å². The smallest absolute Gasteiger partial charge is 0.240 e. The molecule has 1 amide bonds. The highest BCUT2D eigenvalue weighted by atomic mass is 16.2. The number of aromatic nitrogens is 2. The molecule has 0 unspecified atom stereocenters. The zero-order valence-corrected chi connectivity index (χ0v) is 17.7. The topological polar surface area (TPSA) is 44.6 Å². The molecular formula is C21H37N5O. The number of rotatable bonds is 7. The summed E-state index contributed by atoms with van der Waals surface area (Å²) in [5, 5.41) is 0. The van der Waals surface area contributed by atoms with E-state index in [1.54, 1.807) is 0 Å². The van der Waals surface area contributed by atoms with Crippen LogP contribution in [0.3, 0.4) is 0 Å². The maximum Gasteiger partial charge on any atom is 0.240 e. The Morgan fingerprint density at radius 2 is 2.00 bits per heavy atom. The predicted octanol–water partition coefficient (Wildman–Crippen LogP) is 2.35. The van der Waals surface area contributed by atoms with Crippen molar-refractivity contribution in [3.05, 3.63) is 18.2 Å². The fourth-order valence-electron chi connectivity index (χ4n) is 4.83. The first-order chi connectivity index (χ1) is 13.0. The van der Waals surface area contributed by atoms with E-state index in [0.29, 0.717) is 17.9 Å². The molecule has 1 atom stereocenters. The van der Waals surface area contributed by atoms with Crippen molar-refractivity contribution in [2.75, 3.05) is 39.8 Å². The van der Waals surface area contributed by atoms with Crippen molar-refractivity contribution < 1.29 is 4.79 Å². The Hall–Kier alpha value is -1.40. The van der Waals surface area contributed by atoms with Gasteiger partial charge in [-0.1, -0.05) is 13.8 Å². The number of nitrogens with zero attached hydrogens (tertiary/aromatic N) is 5. The van der Waals surface area contributed by atoms with Gasteiger partial charge >= 0.3 is 0 Å². The summed E-state index contributed by atoms with van der Waals surface area (Å²) in [5.41, 5.74) is 0.336. The first-order valence-electron chi connectivity index (χ1n) is 10.7. The van der Waals surface area contributed by atoms with E-state index in [0.717, 1.165) is 57.8 Å². The third-order valence-corrected chi connectivity index (χ3v) is 6.51. The zero-order chi connectivity index (χ0) is 19.4. The molecule has 2 saturated heterocycles. The molecule has 2 fully saturated rings. The summed E-state index contributed by atoms with van der Waals surface area (Å²) in [5.74, 6) is 1.27. The Morgan fingerprint density at radius 3 is 2.59 bits per heavy atom. The van der Waals surface area contributed by atoms with Crippen LogP contribution in [-0.2, 0) is 18.4 Å². The van der Waals surface area contributed by atoms with Gasteiger partial charge in [-0.15, -0.1) is 0 Å². The van der Waals surface area contributed by atoms with Gasteiger partial charge in [0.25, 0.3) is 0 Å². The first kappa shape index (κ1) is 20.3. The van der Waals surface area contributed by atoms with Gasteiger partial charge in [0.15, 0.2) is 0 Å². The van der Waals surface area contributed by atoms with E-state index < -0.39 is 0 Å². The molecule has 2 aliphatic heterocycles. The minimum absolute atomic E-state index is 0.0418. The van der Waals surface area contributed by atoms with Gasteiger partial charge in [0.05, 0.1) is 12.6 Å². The van der Waals surface area contributed by atoms with Gasteiger partial charge < -0.3 is 14.4 Å². The van der Waals surface area contributed by atoms with Gasteiger partial charge in [0, 0.05) is 32.5 Å². The van der Waals surface area contributed by atoms with Gasteiger partial charge in [-0.05, 0) is 64.2 Å². The van der Waals surface area contributed by atoms with Crippen molar-refractivity contribution in [3.8, 4) is 0 Å². The van der Waals surface area contributed by atoms with Crippen LogP contribution in [0.25, 0.3) is 0 Å². The van der Waals surface area contributed by atoms with Crippen molar-refractivity contribution in [2.24, 2.45) is 12.5 Å². The lowest BCUT2D eigenvalue weighted by Gasteiger charge is -2.37. The fraction of sp³-hybridized carbons (Fsp3) is 0.810. The van der Waals surface area contributed by atoms with Gasteiger partial charge in [0.2, 0.25) is 5.91 Å². The molecule has 0 aromatic carbocycles. The number of likely N-dealkylation sites (tertiary alicyclic amines) is 2. The monoisotopic (exact) mass is 375 g/mol. The van der Waals surface area contributed by atoms with Crippen LogP contribution < -0.4 is 0 Å². The van der Waals surface area contributed by atoms with Crippen LogP contribution in [0.4, 0.5) is 0 Å². The molecule has 27 heavy (non-hydrogen) atoms. The van der Waals surface area contributed by atoms with Crippen molar-refractivity contribution in [2.45, 2.75) is 58.5 Å². The number of piperidine rings is 1. The quantitative estimate of drug-likeness (QED) is 0.734. The Labute approximate surface area is 164 Å². The van der Waals surface area contributed by atoms with Crippen molar-refractivity contribution in [1.82, 2.24) is 24.3 Å². The highest BCUT2D eigenvalue weighted by Crippen LogP contribution is 2.43. The lowest BCUT2D eigenvalue weighted by atomic mass is 9.76. The minimum atomic E-state index is 0.0418. The van der Waals surface area contributed by atoms with E-state index >= 15 is 0 Å². The van der Waals surface area contributed by atoms with Gasteiger partial charge in [-0.3, -0.25) is 9.69 Å². The number of aryl methyl sites for hydroxylation is 1. The van der Waals surface area contributed by atoms with Crippen molar-refractivity contribution in [1.29, 1.82) is 0 Å². The third kappa shape index (κ3) is 4.54. The lowest BCUT2D eigenvalue weighted by Crippen LogP contribution is -2.46. The molecule has 0 bridgehead atoms. The molecule has 0 radical (unpaired) electrons. The largest absolute Gasteiger partial charge is 0.337 e. The zero-order valence-electron chi connectivity index (χ0n) is 17.7. The van der Waals surface area contributed by atoms with E-state index in [9.17, 15) is 4.79 Å². The molecule has 3 rings (SSSR count). The van der Waals surface area contributed by atoms with Gasteiger partial charge in [-0.2, -0.15) is 0 Å². The number of carbonyl (C=O) groups excluding carboxylic acids is 1. The summed E-state index contributed by atoms with van der Waals surface area (Å²) < 4.78 is 2.02. The van der Waals surface area contributed by atoms with Crippen LogP contribution >= 0.6 is 0 Å². The number of imidazole rings is 1. The molecule has 3 heterocycles. The molecule has 0 saturated carbocycles. The second kappa shape index (κ2) is 8.74. The van der Waals surface area contributed by atoms with Crippen LogP contribution in [0, 0.1) is 5.41 Å². The summed E-state index contributed by atoms with van der Waals surface area (Å²) >= 11 is 0. The number of carbonyl (C=O) groups is 1. The number of hydrogen-bond acceptors (Lipinski definition) is 4. The average Bonchev–Trinajstić information content (AvgIpc) is 3.21. The van der Waals surface area contributed by atoms with E-state index in [1.807, 2.05) is 28.9 Å². The van der Waals surface area contributed by atoms with Crippen molar-refractivity contribution >= 4 is 5.91 Å². The Balaban J connectivity index is 1.75. The lowest BCUT2D eigenvalue weighted by molar-refractivity contribution is -0.136. The Bertz CT molecular complexity index is 620. The fourth-order valence-corrected chi connectivity index (χ4v) is 4.83. The first-order valence-corrected chi connectivity index (χ1v) is 10.7. The molecule has 0 N–H and O–H groups in total. The second-order valence-corrected chi connectivity index (χ2v) is 8.71. The van der Waals surface area contributed by atoms with Crippen molar-refractivity contribution in [3.63, 3.8) is 0 Å². The maximum atomic E-state index is 13.6. The van der Waals surface area contributed by atoms with E-state index in [2.05, 4.69) is 35.7 Å². The minimum Gasteiger partial charge on any atom is -0.337 e. The molecular weight excluding hydrogens is 338 g/mol. The summed E-state index contributed by atoms with van der Waals surface area (Å²) in [7, 11) is 4.22. The molecule has 152 valence electrons. The summed E-state index contributed by atoms with van der Waals surface area (Å²) in [4.78, 5) is 25.0. The van der Waals surface area contributed by atoms with Gasteiger partial charge in [-0.25, -0.2) is 4.98 Å². The van der Waals surface area contributed by atoms with Crippen LogP contribution in [0.2, 0.25) is 0 Å². The normalized spacial score (nSPS) is 23.2. The molecule has 6 heteroatoms. The van der Waals surface area contributed by atoms with Crippen LogP contribution in [-0.4, -0.2) is 76.0 Å². The van der Waals surface area contributed by atoms with Gasteiger partial charge in [0.1, 0.15) is 5.82 Å². The second-order valence-electron chi connectivity index (χ2n) is 8.71. The predicted molar refractivity (Wildman–Crippen MR) is 108 cm³/mol. The average molecular weight is 376 g/mol.